The number of aliphatic hydroxyl groups excluding tert-OH is 1. The Hall–Kier alpha value is -1.96. The number of ether oxygens (including phenoxy) is 2. The van der Waals surface area contributed by atoms with Crippen LogP contribution in [0.5, 0.6) is 11.5 Å². The Bertz CT molecular complexity index is 547. The molecule has 1 heterocycles. The van der Waals surface area contributed by atoms with Gasteiger partial charge >= 0.3 is 6.36 Å². The molecule has 0 radical (unpaired) electrons. The molecule has 1 aromatic rings. The molecular formula is C14H17F3N2O3. The number of anilines is 1. The summed E-state index contributed by atoms with van der Waals surface area (Å²) in [5.74, 6) is 0.0143. The van der Waals surface area contributed by atoms with Crippen LogP contribution in [0.4, 0.5) is 18.9 Å². The first-order valence-electron chi connectivity index (χ1n) is 6.75. The van der Waals surface area contributed by atoms with Gasteiger partial charge in [-0.15, -0.1) is 13.2 Å². The molecular weight excluding hydrogens is 301 g/mol. The first-order valence-corrected chi connectivity index (χ1v) is 6.75. The van der Waals surface area contributed by atoms with E-state index in [-0.39, 0.29) is 18.0 Å². The van der Waals surface area contributed by atoms with Gasteiger partial charge in [0.25, 0.3) is 0 Å². The predicted octanol–water partition coefficient (Wildman–Crippen LogP) is 2.24. The lowest BCUT2D eigenvalue weighted by atomic mass is 10.2. The lowest BCUT2D eigenvalue weighted by molar-refractivity contribution is -0.274. The Morgan fingerprint density at radius 1 is 1.32 bits per heavy atom. The molecule has 1 fully saturated rings. The van der Waals surface area contributed by atoms with Crippen molar-refractivity contribution in [1.29, 1.82) is 0 Å². The van der Waals surface area contributed by atoms with Gasteiger partial charge < -0.3 is 19.5 Å². The normalized spacial score (nSPS) is 17.1. The molecule has 1 aliphatic rings. The minimum Gasteiger partial charge on any atom is -0.494 e. The summed E-state index contributed by atoms with van der Waals surface area (Å²) in [6.07, 6.45) is -4.14. The van der Waals surface area contributed by atoms with Gasteiger partial charge in [0.1, 0.15) is 11.4 Å². The van der Waals surface area contributed by atoms with E-state index in [1.54, 1.807) is 11.0 Å². The predicted molar refractivity (Wildman–Crippen MR) is 75.9 cm³/mol. The van der Waals surface area contributed by atoms with E-state index in [1.165, 1.54) is 19.2 Å². The van der Waals surface area contributed by atoms with E-state index >= 15 is 0 Å². The Morgan fingerprint density at radius 3 is 2.68 bits per heavy atom. The number of hydrogen-bond donors (Lipinski definition) is 1. The topological polar surface area (TPSA) is 54.3 Å². The van der Waals surface area contributed by atoms with Crippen LogP contribution >= 0.6 is 0 Å². The number of aliphatic hydroxyl groups is 1. The van der Waals surface area contributed by atoms with Gasteiger partial charge in [0, 0.05) is 18.7 Å². The fourth-order valence-electron chi connectivity index (χ4n) is 2.36. The minimum absolute atomic E-state index is 0.0550. The highest BCUT2D eigenvalue weighted by Crippen LogP contribution is 2.41. The molecule has 1 saturated heterocycles. The summed E-state index contributed by atoms with van der Waals surface area (Å²) in [6, 6.07) is 4.29. The monoisotopic (exact) mass is 318 g/mol. The maximum absolute atomic E-state index is 12.6. The summed E-state index contributed by atoms with van der Waals surface area (Å²) in [4.78, 5) is 5.93. The molecule has 1 N–H and O–H groups in total. The Kier molecular flexibility index (Phi) is 5.12. The molecule has 1 aliphatic heterocycles. The van der Waals surface area contributed by atoms with Gasteiger partial charge in [-0.05, 0) is 12.1 Å². The Labute approximate surface area is 126 Å². The number of para-hydroxylation sites is 1. The van der Waals surface area contributed by atoms with Crippen molar-refractivity contribution in [3.05, 3.63) is 18.2 Å². The molecule has 0 amide bonds. The van der Waals surface area contributed by atoms with Crippen LogP contribution in [0.15, 0.2) is 23.2 Å². The van der Waals surface area contributed by atoms with E-state index in [9.17, 15) is 13.2 Å². The van der Waals surface area contributed by atoms with Crippen LogP contribution in [-0.2, 0) is 0 Å². The molecule has 0 saturated carbocycles. The van der Waals surface area contributed by atoms with Crippen LogP contribution in [0.2, 0.25) is 0 Å². The van der Waals surface area contributed by atoms with Crippen molar-refractivity contribution < 1.29 is 27.8 Å². The van der Waals surface area contributed by atoms with Crippen molar-refractivity contribution in [2.24, 2.45) is 4.99 Å². The zero-order valence-corrected chi connectivity index (χ0v) is 12.1. The van der Waals surface area contributed by atoms with Crippen molar-refractivity contribution in [2.75, 3.05) is 38.3 Å². The summed E-state index contributed by atoms with van der Waals surface area (Å²) >= 11 is 0. The van der Waals surface area contributed by atoms with E-state index in [4.69, 9.17) is 9.84 Å². The van der Waals surface area contributed by atoms with Crippen LogP contribution in [0, 0.1) is 0 Å². The zero-order valence-electron chi connectivity index (χ0n) is 12.1. The molecule has 122 valence electrons. The molecule has 0 unspecified atom stereocenters. The quantitative estimate of drug-likeness (QED) is 0.905. The second kappa shape index (κ2) is 6.87. The van der Waals surface area contributed by atoms with Gasteiger partial charge in [0.05, 0.1) is 26.8 Å². The lowest BCUT2D eigenvalue weighted by Gasteiger charge is -2.23. The van der Waals surface area contributed by atoms with Gasteiger partial charge in [-0.3, -0.25) is 4.99 Å². The third-order valence-corrected chi connectivity index (χ3v) is 3.20. The Morgan fingerprint density at radius 2 is 2.05 bits per heavy atom. The molecule has 0 atom stereocenters. The number of alkyl halides is 3. The standard InChI is InChI=1S/C14H17F3N2O3/c1-21-11-3-2-4-12(22-14(15,16)17)13(11)19-7-5-10(9-19)18-6-8-20/h2-4,20H,5-9H2,1H3. The average molecular weight is 318 g/mol. The molecule has 8 heteroatoms. The summed E-state index contributed by atoms with van der Waals surface area (Å²) < 4.78 is 46.9. The third-order valence-electron chi connectivity index (χ3n) is 3.20. The first kappa shape index (κ1) is 16.4. The molecule has 2 rings (SSSR count). The van der Waals surface area contributed by atoms with Gasteiger partial charge in [-0.1, -0.05) is 6.07 Å². The first-order chi connectivity index (χ1) is 10.4. The second-order valence-corrected chi connectivity index (χ2v) is 4.70. The van der Waals surface area contributed by atoms with Gasteiger partial charge in [0.2, 0.25) is 0 Å². The maximum atomic E-state index is 12.6. The highest BCUT2D eigenvalue weighted by Gasteiger charge is 2.34. The van der Waals surface area contributed by atoms with Crippen LogP contribution in [0.25, 0.3) is 0 Å². The number of benzene rings is 1. The van der Waals surface area contributed by atoms with Crippen LogP contribution < -0.4 is 14.4 Å². The highest BCUT2D eigenvalue weighted by atomic mass is 19.4. The van der Waals surface area contributed by atoms with Gasteiger partial charge in [-0.25, -0.2) is 0 Å². The molecule has 0 aliphatic carbocycles. The smallest absolute Gasteiger partial charge is 0.494 e. The molecule has 5 nitrogen and oxygen atoms in total. The number of methoxy groups -OCH3 is 1. The van der Waals surface area contributed by atoms with Crippen molar-refractivity contribution >= 4 is 11.4 Å². The molecule has 0 spiro atoms. The summed E-state index contributed by atoms with van der Waals surface area (Å²) in [5.41, 5.74) is 1.09. The third kappa shape index (κ3) is 4.03. The van der Waals surface area contributed by atoms with Gasteiger partial charge in [0.15, 0.2) is 5.75 Å². The number of rotatable bonds is 5. The zero-order chi connectivity index (χ0) is 16.2. The lowest BCUT2D eigenvalue weighted by Crippen LogP contribution is -2.24. The number of nitrogens with zero attached hydrogens (tertiary/aromatic N) is 2. The van der Waals surface area contributed by atoms with Crippen LogP contribution in [-0.4, -0.2) is 50.5 Å². The fourth-order valence-corrected chi connectivity index (χ4v) is 2.36. The molecule has 0 bridgehead atoms. The van der Waals surface area contributed by atoms with E-state index in [0.717, 1.165) is 5.71 Å². The summed E-state index contributed by atoms with van der Waals surface area (Å²) in [7, 11) is 1.40. The fraction of sp³-hybridized carbons (Fsp3) is 0.500. The maximum Gasteiger partial charge on any atom is 0.573 e. The van der Waals surface area contributed by atoms with E-state index < -0.39 is 6.36 Å². The van der Waals surface area contributed by atoms with E-state index in [0.29, 0.717) is 31.8 Å². The highest BCUT2D eigenvalue weighted by molar-refractivity contribution is 5.93. The van der Waals surface area contributed by atoms with Crippen molar-refractivity contribution in [1.82, 2.24) is 0 Å². The number of hydrogen-bond acceptors (Lipinski definition) is 5. The average Bonchev–Trinajstić information content (AvgIpc) is 2.91. The van der Waals surface area contributed by atoms with Crippen LogP contribution in [0.1, 0.15) is 6.42 Å². The summed E-state index contributed by atoms with van der Waals surface area (Å²) in [6.45, 7) is 1.13. The molecule has 0 aromatic heterocycles. The largest absolute Gasteiger partial charge is 0.573 e. The molecule has 1 aromatic carbocycles. The summed E-state index contributed by atoms with van der Waals surface area (Å²) in [5, 5.41) is 8.78. The van der Waals surface area contributed by atoms with Crippen molar-refractivity contribution in [3.63, 3.8) is 0 Å². The van der Waals surface area contributed by atoms with Crippen molar-refractivity contribution in [2.45, 2.75) is 12.8 Å². The minimum atomic E-state index is -4.77. The van der Waals surface area contributed by atoms with Gasteiger partial charge in [-0.2, -0.15) is 0 Å². The Balaban J connectivity index is 2.29. The second-order valence-electron chi connectivity index (χ2n) is 4.70. The molecule has 22 heavy (non-hydrogen) atoms. The SMILES string of the molecule is COc1cccc(OC(F)(F)F)c1N1CCC(=NCCO)C1. The number of halogens is 3. The van der Waals surface area contributed by atoms with Crippen LogP contribution in [0.3, 0.4) is 0 Å². The van der Waals surface area contributed by atoms with E-state index in [1.807, 2.05) is 0 Å². The number of aliphatic imine (C=N–C) groups is 1. The van der Waals surface area contributed by atoms with Crippen molar-refractivity contribution in [3.8, 4) is 11.5 Å². The van der Waals surface area contributed by atoms with E-state index in [2.05, 4.69) is 9.73 Å².